The number of rotatable bonds is 6. The van der Waals surface area contributed by atoms with E-state index < -0.39 is 0 Å². The van der Waals surface area contributed by atoms with Gasteiger partial charge in [-0.05, 0) is 37.6 Å². The second-order valence-corrected chi connectivity index (χ2v) is 7.92. The molecule has 0 spiro atoms. The van der Waals surface area contributed by atoms with Gasteiger partial charge in [-0.1, -0.05) is 29.7 Å². The van der Waals surface area contributed by atoms with Crippen LogP contribution < -0.4 is 10.6 Å². The second kappa shape index (κ2) is 9.42. The molecule has 2 heterocycles. The van der Waals surface area contributed by atoms with E-state index in [1.807, 2.05) is 24.3 Å². The van der Waals surface area contributed by atoms with Crippen molar-refractivity contribution in [2.75, 3.05) is 26.7 Å². The summed E-state index contributed by atoms with van der Waals surface area (Å²) in [5, 5.41) is 6.48. The van der Waals surface area contributed by atoms with E-state index in [0.717, 1.165) is 18.5 Å². The standard InChI is InChI=1S/C21H27ClN4O2/c1-3-10-23-19(27)8-7-17-13-24-21(28)20-18(25(17)2)9-11-26(20)14-15-5-4-6-16(22)12-15/h1,4-6,12,17-18,20H,7-11,13-14H2,2H3,(H,23,27)(H,24,28). The number of carbonyl (C=O) groups is 2. The van der Waals surface area contributed by atoms with Gasteiger partial charge in [-0.3, -0.25) is 19.4 Å². The fourth-order valence-corrected chi connectivity index (χ4v) is 4.44. The summed E-state index contributed by atoms with van der Waals surface area (Å²) in [4.78, 5) is 29.2. The zero-order chi connectivity index (χ0) is 20.1. The largest absolute Gasteiger partial charge is 0.353 e. The van der Waals surface area contributed by atoms with E-state index in [1.165, 1.54) is 0 Å². The molecule has 2 fully saturated rings. The molecule has 150 valence electrons. The Hall–Kier alpha value is -2.07. The minimum absolute atomic E-state index is 0.0486. The number of nitrogens with zero attached hydrogens (tertiary/aromatic N) is 2. The Morgan fingerprint density at radius 1 is 1.46 bits per heavy atom. The number of benzene rings is 1. The number of nitrogens with one attached hydrogen (secondary N) is 2. The highest BCUT2D eigenvalue weighted by atomic mass is 35.5. The SMILES string of the molecule is C#CCNC(=O)CCC1CNC(=O)C2C(CCN2Cc2cccc(Cl)c2)N1C. The Morgan fingerprint density at radius 3 is 3.04 bits per heavy atom. The number of halogens is 1. The van der Waals surface area contributed by atoms with Crippen molar-refractivity contribution >= 4 is 23.4 Å². The van der Waals surface area contributed by atoms with Crippen molar-refractivity contribution in [3.05, 3.63) is 34.9 Å². The van der Waals surface area contributed by atoms with Crippen LogP contribution in [0.25, 0.3) is 0 Å². The Morgan fingerprint density at radius 2 is 2.29 bits per heavy atom. The number of likely N-dealkylation sites (tertiary alicyclic amines) is 1. The van der Waals surface area contributed by atoms with E-state index in [0.29, 0.717) is 31.0 Å². The van der Waals surface area contributed by atoms with Crippen LogP contribution in [0.2, 0.25) is 5.02 Å². The molecule has 7 heteroatoms. The molecule has 2 aliphatic rings. The number of likely N-dealkylation sites (N-methyl/N-ethyl adjacent to an activating group) is 1. The number of hydrogen-bond acceptors (Lipinski definition) is 4. The lowest BCUT2D eigenvalue weighted by Crippen LogP contribution is -2.49. The first-order chi connectivity index (χ1) is 13.5. The molecule has 1 aromatic rings. The maximum Gasteiger partial charge on any atom is 0.239 e. The molecular weight excluding hydrogens is 376 g/mol. The van der Waals surface area contributed by atoms with Crippen molar-refractivity contribution < 1.29 is 9.59 Å². The van der Waals surface area contributed by atoms with E-state index in [2.05, 4.69) is 33.4 Å². The third-order valence-electron chi connectivity index (χ3n) is 5.72. The van der Waals surface area contributed by atoms with Crippen LogP contribution in [0.1, 0.15) is 24.8 Å². The average molecular weight is 403 g/mol. The van der Waals surface area contributed by atoms with Gasteiger partial charge in [-0.15, -0.1) is 6.42 Å². The van der Waals surface area contributed by atoms with Gasteiger partial charge in [0.05, 0.1) is 6.54 Å². The highest BCUT2D eigenvalue weighted by Gasteiger charge is 2.44. The van der Waals surface area contributed by atoms with E-state index in [-0.39, 0.29) is 36.5 Å². The Bertz CT molecular complexity index is 763. The Labute approximate surface area is 171 Å². The maximum atomic E-state index is 12.8. The predicted octanol–water partition coefficient (Wildman–Crippen LogP) is 1.24. The van der Waals surface area contributed by atoms with Crippen molar-refractivity contribution in [2.24, 2.45) is 0 Å². The molecular formula is C21H27ClN4O2. The molecule has 3 rings (SSSR count). The lowest BCUT2D eigenvalue weighted by atomic mass is 10.0. The summed E-state index contributed by atoms with van der Waals surface area (Å²) in [6, 6.07) is 7.85. The minimum Gasteiger partial charge on any atom is -0.353 e. The van der Waals surface area contributed by atoms with Gasteiger partial charge in [0.15, 0.2) is 0 Å². The van der Waals surface area contributed by atoms with Crippen LogP contribution in [0.5, 0.6) is 0 Å². The van der Waals surface area contributed by atoms with Gasteiger partial charge >= 0.3 is 0 Å². The molecule has 6 nitrogen and oxygen atoms in total. The summed E-state index contributed by atoms with van der Waals surface area (Å²) in [7, 11) is 2.06. The van der Waals surface area contributed by atoms with Crippen molar-refractivity contribution in [1.29, 1.82) is 0 Å². The Kier molecular flexibility index (Phi) is 6.95. The molecule has 0 aromatic heterocycles. The summed E-state index contributed by atoms with van der Waals surface area (Å²) in [6.45, 7) is 2.35. The van der Waals surface area contributed by atoms with Crippen LogP contribution >= 0.6 is 11.6 Å². The molecule has 2 amide bonds. The molecule has 2 N–H and O–H groups in total. The maximum absolute atomic E-state index is 12.8. The van der Waals surface area contributed by atoms with Gasteiger partial charge in [-0.25, -0.2) is 0 Å². The monoisotopic (exact) mass is 402 g/mol. The summed E-state index contributed by atoms with van der Waals surface area (Å²) in [6.07, 6.45) is 7.19. The van der Waals surface area contributed by atoms with Crippen LogP contribution in [0, 0.1) is 12.3 Å². The third-order valence-corrected chi connectivity index (χ3v) is 5.95. The summed E-state index contributed by atoms with van der Waals surface area (Å²) in [5.41, 5.74) is 1.11. The minimum atomic E-state index is -0.191. The molecule has 0 aliphatic carbocycles. The molecule has 2 saturated heterocycles. The second-order valence-electron chi connectivity index (χ2n) is 7.49. The normalized spacial score (nSPS) is 25.5. The van der Waals surface area contributed by atoms with Crippen molar-refractivity contribution in [1.82, 2.24) is 20.4 Å². The van der Waals surface area contributed by atoms with Crippen molar-refractivity contribution in [2.45, 2.75) is 43.9 Å². The predicted molar refractivity (Wildman–Crippen MR) is 110 cm³/mol. The molecule has 3 unspecified atom stereocenters. The van der Waals surface area contributed by atoms with Crippen molar-refractivity contribution in [3.8, 4) is 12.3 Å². The molecule has 2 aliphatic heterocycles. The van der Waals surface area contributed by atoms with Gasteiger partial charge in [0.1, 0.15) is 6.04 Å². The molecule has 3 atom stereocenters. The lowest BCUT2D eigenvalue weighted by Gasteiger charge is -2.33. The van der Waals surface area contributed by atoms with Crippen LogP contribution in [-0.2, 0) is 16.1 Å². The molecule has 1 aromatic carbocycles. The highest BCUT2D eigenvalue weighted by molar-refractivity contribution is 6.30. The summed E-state index contributed by atoms with van der Waals surface area (Å²) in [5.74, 6) is 2.42. The fourth-order valence-electron chi connectivity index (χ4n) is 4.23. The average Bonchev–Trinajstić information content (AvgIpc) is 3.04. The van der Waals surface area contributed by atoms with E-state index in [4.69, 9.17) is 18.0 Å². The Balaban J connectivity index is 1.64. The van der Waals surface area contributed by atoms with Crippen molar-refractivity contribution in [3.63, 3.8) is 0 Å². The van der Waals surface area contributed by atoms with E-state index >= 15 is 0 Å². The van der Waals surface area contributed by atoms with E-state index in [9.17, 15) is 9.59 Å². The van der Waals surface area contributed by atoms with Crippen LogP contribution in [0.15, 0.2) is 24.3 Å². The molecule has 0 saturated carbocycles. The number of terminal acetylenes is 1. The fraction of sp³-hybridized carbons (Fsp3) is 0.524. The first-order valence-electron chi connectivity index (χ1n) is 9.68. The number of amides is 2. The molecule has 28 heavy (non-hydrogen) atoms. The third kappa shape index (κ3) is 4.85. The van der Waals surface area contributed by atoms with Gasteiger partial charge < -0.3 is 10.6 Å². The van der Waals surface area contributed by atoms with E-state index in [1.54, 1.807) is 0 Å². The smallest absolute Gasteiger partial charge is 0.239 e. The zero-order valence-electron chi connectivity index (χ0n) is 16.2. The van der Waals surface area contributed by atoms with Crippen LogP contribution in [-0.4, -0.2) is 66.4 Å². The topological polar surface area (TPSA) is 64.7 Å². The van der Waals surface area contributed by atoms with Gasteiger partial charge in [0, 0.05) is 43.2 Å². The van der Waals surface area contributed by atoms with Crippen LogP contribution in [0.3, 0.4) is 0 Å². The summed E-state index contributed by atoms with van der Waals surface area (Å²) < 4.78 is 0. The highest BCUT2D eigenvalue weighted by Crippen LogP contribution is 2.28. The zero-order valence-corrected chi connectivity index (χ0v) is 16.9. The van der Waals surface area contributed by atoms with Gasteiger partial charge in [0.25, 0.3) is 0 Å². The van der Waals surface area contributed by atoms with Crippen LogP contribution in [0.4, 0.5) is 0 Å². The first-order valence-corrected chi connectivity index (χ1v) is 10.1. The lowest BCUT2D eigenvalue weighted by molar-refractivity contribution is -0.126. The first kappa shape index (κ1) is 20.7. The summed E-state index contributed by atoms with van der Waals surface area (Å²) >= 11 is 6.11. The van der Waals surface area contributed by atoms with Gasteiger partial charge in [-0.2, -0.15) is 0 Å². The molecule has 0 bridgehead atoms. The number of carbonyl (C=O) groups excluding carboxylic acids is 2. The molecule has 0 radical (unpaired) electrons. The van der Waals surface area contributed by atoms with Gasteiger partial charge in [0.2, 0.25) is 11.8 Å². The quantitative estimate of drug-likeness (QED) is 0.703. The number of fused-ring (bicyclic) bond motifs is 1. The number of hydrogen-bond donors (Lipinski definition) is 2.